The summed E-state index contributed by atoms with van der Waals surface area (Å²) >= 11 is 0. The molecule has 0 spiro atoms. The van der Waals surface area contributed by atoms with Gasteiger partial charge in [-0.25, -0.2) is 4.79 Å². The molecule has 4 N–H and O–H groups in total. The summed E-state index contributed by atoms with van der Waals surface area (Å²) in [5.74, 6) is -0.0252. The lowest BCUT2D eigenvalue weighted by atomic mass is 9.79. The average Bonchev–Trinajstić information content (AvgIpc) is 2.73. The third-order valence-electron chi connectivity index (χ3n) is 4.83. The third-order valence-corrected chi connectivity index (χ3v) is 4.83. The number of nitrogens with two attached hydrogens (primary N) is 1. The number of urea groups is 1. The molecule has 0 aromatic heterocycles. The molecule has 1 aromatic carbocycles. The first-order chi connectivity index (χ1) is 10.5. The number of carbonyl (C=O) groups excluding carboxylic acids is 2. The van der Waals surface area contributed by atoms with Gasteiger partial charge in [-0.3, -0.25) is 15.0 Å². The SMILES string of the molecule is CC1(C2CCN(Cc3cccc(N)c3)CC2)NC(=O)NC1=O.Cl. The summed E-state index contributed by atoms with van der Waals surface area (Å²) in [5, 5.41) is 5.13. The van der Waals surface area contributed by atoms with Gasteiger partial charge in [0.1, 0.15) is 5.54 Å². The van der Waals surface area contributed by atoms with Crippen molar-refractivity contribution in [3.05, 3.63) is 29.8 Å². The van der Waals surface area contributed by atoms with Gasteiger partial charge < -0.3 is 11.1 Å². The van der Waals surface area contributed by atoms with E-state index >= 15 is 0 Å². The van der Waals surface area contributed by atoms with Crippen LogP contribution < -0.4 is 16.4 Å². The van der Waals surface area contributed by atoms with E-state index in [1.807, 2.05) is 25.1 Å². The number of nitrogen functional groups attached to an aromatic ring is 1. The number of piperidine rings is 1. The normalized spacial score (nSPS) is 25.6. The van der Waals surface area contributed by atoms with Gasteiger partial charge in [0, 0.05) is 12.2 Å². The van der Waals surface area contributed by atoms with E-state index in [2.05, 4.69) is 21.6 Å². The van der Waals surface area contributed by atoms with Gasteiger partial charge in [0.25, 0.3) is 5.91 Å². The molecule has 23 heavy (non-hydrogen) atoms. The van der Waals surface area contributed by atoms with Crippen LogP contribution in [0.15, 0.2) is 24.3 Å². The fourth-order valence-corrected chi connectivity index (χ4v) is 3.46. The van der Waals surface area contributed by atoms with Crippen molar-refractivity contribution in [3.8, 4) is 0 Å². The van der Waals surface area contributed by atoms with E-state index in [4.69, 9.17) is 5.73 Å². The van der Waals surface area contributed by atoms with Crippen molar-refractivity contribution in [2.75, 3.05) is 18.8 Å². The second-order valence-corrected chi connectivity index (χ2v) is 6.41. The summed E-state index contributed by atoms with van der Waals surface area (Å²) < 4.78 is 0. The summed E-state index contributed by atoms with van der Waals surface area (Å²) in [5.41, 5.74) is 7.04. The molecule has 0 radical (unpaired) electrons. The van der Waals surface area contributed by atoms with Crippen LogP contribution in [0.5, 0.6) is 0 Å². The lowest BCUT2D eigenvalue weighted by Crippen LogP contribution is -2.53. The van der Waals surface area contributed by atoms with Gasteiger partial charge in [-0.2, -0.15) is 0 Å². The Labute approximate surface area is 142 Å². The van der Waals surface area contributed by atoms with E-state index in [0.29, 0.717) is 0 Å². The first-order valence-corrected chi connectivity index (χ1v) is 7.68. The number of hydrogen-bond acceptors (Lipinski definition) is 4. The van der Waals surface area contributed by atoms with Gasteiger partial charge in [0.05, 0.1) is 0 Å². The molecule has 1 unspecified atom stereocenters. The zero-order valence-electron chi connectivity index (χ0n) is 13.2. The number of halogens is 1. The average molecular weight is 339 g/mol. The maximum absolute atomic E-state index is 12.0. The molecule has 2 fully saturated rings. The molecule has 0 bridgehead atoms. The molecule has 0 aliphatic carbocycles. The molecule has 3 rings (SSSR count). The molecular weight excluding hydrogens is 316 g/mol. The minimum Gasteiger partial charge on any atom is -0.399 e. The number of imide groups is 1. The highest BCUT2D eigenvalue weighted by molar-refractivity contribution is 6.06. The molecule has 7 heteroatoms. The molecule has 2 aliphatic rings. The predicted octanol–water partition coefficient (Wildman–Crippen LogP) is 1.50. The topological polar surface area (TPSA) is 87.5 Å². The Morgan fingerprint density at radius 3 is 2.57 bits per heavy atom. The Morgan fingerprint density at radius 2 is 2.00 bits per heavy atom. The molecule has 2 saturated heterocycles. The molecule has 126 valence electrons. The fraction of sp³-hybridized carbons (Fsp3) is 0.500. The Kier molecular flexibility index (Phi) is 5.16. The first kappa shape index (κ1) is 17.6. The number of nitrogens with zero attached hydrogens (tertiary/aromatic N) is 1. The molecule has 6 nitrogen and oxygen atoms in total. The number of benzene rings is 1. The van der Waals surface area contributed by atoms with Gasteiger partial charge in [0.15, 0.2) is 0 Å². The summed E-state index contributed by atoms with van der Waals surface area (Å²) in [7, 11) is 0. The van der Waals surface area contributed by atoms with Crippen LogP contribution in [0.25, 0.3) is 0 Å². The first-order valence-electron chi connectivity index (χ1n) is 7.68. The Morgan fingerprint density at radius 1 is 1.30 bits per heavy atom. The Balaban J connectivity index is 0.00000192. The van der Waals surface area contributed by atoms with Crippen molar-refractivity contribution < 1.29 is 9.59 Å². The number of nitrogens with one attached hydrogen (secondary N) is 2. The van der Waals surface area contributed by atoms with Crippen molar-refractivity contribution in [1.29, 1.82) is 0 Å². The quantitative estimate of drug-likeness (QED) is 0.575. The van der Waals surface area contributed by atoms with Crippen LogP contribution in [0.4, 0.5) is 10.5 Å². The van der Waals surface area contributed by atoms with Gasteiger partial charge >= 0.3 is 6.03 Å². The van der Waals surface area contributed by atoms with Crippen molar-refractivity contribution in [1.82, 2.24) is 15.5 Å². The van der Waals surface area contributed by atoms with E-state index in [9.17, 15) is 9.59 Å². The highest BCUT2D eigenvalue weighted by atomic mass is 35.5. The molecule has 1 atom stereocenters. The standard InChI is InChI=1S/C16H22N4O2.ClH/c1-16(14(21)18-15(22)19-16)12-5-7-20(8-6-12)10-11-3-2-4-13(17)9-11;/h2-4,9,12H,5-8,10,17H2,1H3,(H2,18,19,21,22);1H. The van der Waals surface area contributed by atoms with Crippen LogP contribution in [0.2, 0.25) is 0 Å². The minimum atomic E-state index is -0.764. The smallest absolute Gasteiger partial charge is 0.322 e. The van der Waals surface area contributed by atoms with Crippen LogP contribution in [-0.2, 0) is 11.3 Å². The summed E-state index contributed by atoms with van der Waals surface area (Å²) in [6.45, 7) is 4.52. The van der Waals surface area contributed by atoms with Crippen LogP contribution in [0.1, 0.15) is 25.3 Å². The number of hydrogen-bond donors (Lipinski definition) is 3. The molecule has 3 amide bonds. The lowest BCUT2D eigenvalue weighted by Gasteiger charge is -2.38. The van der Waals surface area contributed by atoms with Crippen LogP contribution in [0, 0.1) is 5.92 Å². The fourth-order valence-electron chi connectivity index (χ4n) is 3.46. The molecule has 0 saturated carbocycles. The van der Waals surface area contributed by atoms with Crippen molar-refractivity contribution >= 4 is 30.0 Å². The van der Waals surface area contributed by atoms with Gasteiger partial charge in [0.2, 0.25) is 0 Å². The number of anilines is 1. The monoisotopic (exact) mass is 338 g/mol. The highest BCUT2D eigenvalue weighted by Gasteiger charge is 2.48. The maximum atomic E-state index is 12.0. The molecule has 2 aliphatic heterocycles. The number of amides is 3. The number of carbonyl (C=O) groups is 2. The van der Waals surface area contributed by atoms with Crippen LogP contribution in [0.3, 0.4) is 0 Å². The second-order valence-electron chi connectivity index (χ2n) is 6.41. The lowest BCUT2D eigenvalue weighted by molar-refractivity contribution is -0.125. The van der Waals surface area contributed by atoms with E-state index in [0.717, 1.165) is 38.2 Å². The molecule has 2 heterocycles. The second kappa shape index (κ2) is 6.76. The molecular formula is C16H23ClN4O2. The van der Waals surface area contributed by atoms with Crippen molar-refractivity contribution in [2.45, 2.75) is 31.8 Å². The van der Waals surface area contributed by atoms with Gasteiger partial charge in [-0.1, -0.05) is 12.1 Å². The van der Waals surface area contributed by atoms with Crippen LogP contribution in [-0.4, -0.2) is 35.5 Å². The Hall–Kier alpha value is -1.79. The predicted molar refractivity (Wildman–Crippen MR) is 91.2 cm³/mol. The minimum absolute atomic E-state index is 0. The highest BCUT2D eigenvalue weighted by Crippen LogP contribution is 2.31. The van der Waals surface area contributed by atoms with E-state index in [-0.39, 0.29) is 30.3 Å². The number of likely N-dealkylation sites (tertiary alicyclic amines) is 1. The van der Waals surface area contributed by atoms with Crippen LogP contribution >= 0.6 is 12.4 Å². The van der Waals surface area contributed by atoms with E-state index in [1.165, 1.54) is 5.56 Å². The summed E-state index contributed by atoms with van der Waals surface area (Å²) in [4.78, 5) is 25.7. The van der Waals surface area contributed by atoms with Gasteiger partial charge in [-0.15, -0.1) is 12.4 Å². The zero-order chi connectivity index (χ0) is 15.7. The third kappa shape index (κ3) is 3.59. The zero-order valence-corrected chi connectivity index (χ0v) is 14.0. The summed E-state index contributed by atoms with van der Waals surface area (Å²) in [6.07, 6.45) is 1.79. The largest absolute Gasteiger partial charge is 0.399 e. The maximum Gasteiger partial charge on any atom is 0.322 e. The summed E-state index contributed by atoms with van der Waals surface area (Å²) in [6, 6.07) is 7.55. The van der Waals surface area contributed by atoms with Crippen molar-refractivity contribution in [2.24, 2.45) is 5.92 Å². The van der Waals surface area contributed by atoms with E-state index < -0.39 is 5.54 Å². The number of rotatable bonds is 3. The van der Waals surface area contributed by atoms with Gasteiger partial charge in [-0.05, 0) is 56.5 Å². The van der Waals surface area contributed by atoms with E-state index in [1.54, 1.807) is 0 Å². The van der Waals surface area contributed by atoms with Crippen molar-refractivity contribution in [3.63, 3.8) is 0 Å². The molecule has 1 aromatic rings. The Bertz CT molecular complexity index is 601.